The maximum absolute atomic E-state index is 12.1. The molecule has 1 aliphatic rings. The van der Waals surface area contributed by atoms with Crippen molar-refractivity contribution in [3.8, 4) is 5.75 Å². The maximum Gasteiger partial charge on any atom is 0.339 e. The van der Waals surface area contributed by atoms with Crippen LogP contribution in [0.25, 0.3) is 11.0 Å². The number of benzene rings is 1. The molecule has 1 unspecified atom stereocenters. The molecular formula is C20H22N2O4. The summed E-state index contributed by atoms with van der Waals surface area (Å²) >= 11 is 0. The molecule has 0 bridgehead atoms. The first-order chi connectivity index (χ1) is 12.5. The average Bonchev–Trinajstić information content (AvgIpc) is 3.20. The second-order valence-electron chi connectivity index (χ2n) is 6.93. The van der Waals surface area contributed by atoms with Gasteiger partial charge >= 0.3 is 5.63 Å². The van der Waals surface area contributed by atoms with Gasteiger partial charge in [-0.1, -0.05) is 0 Å². The van der Waals surface area contributed by atoms with Crippen molar-refractivity contribution < 1.29 is 14.3 Å². The van der Waals surface area contributed by atoms with Gasteiger partial charge in [0.05, 0.1) is 12.2 Å². The summed E-state index contributed by atoms with van der Waals surface area (Å²) in [4.78, 5) is 12.1. The molecule has 1 N–H and O–H groups in total. The summed E-state index contributed by atoms with van der Waals surface area (Å²) in [7, 11) is 0. The van der Waals surface area contributed by atoms with Crippen LogP contribution in [0.2, 0.25) is 0 Å². The summed E-state index contributed by atoms with van der Waals surface area (Å²) in [5, 5.41) is 15.5. The average molecular weight is 354 g/mol. The van der Waals surface area contributed by atoms with Gasteiger partial charge in [0, 0.05) is 22.7 Å². The van der Waals surface area contributed by atoms with E-state index in [2.05, 4.69) is 5.10 Å². The second-order valence-corrected chi connectivity index (χ2v) is 6.93. The Morgan fingerprint density at radius 2 is 2.08 bits per heavy atom. The van der Waals surface area contributed by atoms with Crippen molar-refractivity contribution in [1.82, 2.24) is 9.78 Å². The van der Waals surface area contributed by atoms with Crippen LogP contribution in [0.1, 0.15) is 28.9 Å². The van der Waals surface area contributed by atoms with E-state index in [4.69, 9.17) is 9.15 Å². The van der Waals surface area contributed by atoms with Crippen molar-refractivity contribution in [2.75, 3.05) is 6.61 Å². The van der Waals surface area contributed by atoms with Crippen molar-refractivity contribution in [3.05, 3.63) is 57.2 Å². The minimum atomic E-state index is -0.685. The minimum Gasteiger partial charge on any atom is -0.491 e. The Hall–Kier alpha value is -2.60. The Morgan fingerprint density at radius 1 is 1.27 bits per heavy atom. The van der Waals surface area contributed by atoms with Gasteiger partial charge in [-0.15, -0.1) is 0 Å². The van der Waals surface area contributed by atoms with Crippen LogP contribution >= 0.6 is 0 Å². The molecule has 136 valence electrons. The fraction of sp³-hybridized carbons (Fsp3) is 0.400. The van der Waals surface area contributed by atoms with Gasteiger partial charge in [-0.2, -0.15) is 5.10 Å². The number of aryl methyl sites for hydroxylation is 3. The molecular weight excluding hydrogens is 332 g/mol. The highest BCUT2D eigenvalue weighted by molar-refractivity contribution is 5.83. The minimum absolute atomic E-state index is 0.138. The smallest absolute Gasteiger partial charge is 0.339 e. The molecule has 4 rings (SSSR count). The van der Waals surface area contributed by atoms with Crippen molar-refractivity contribution in [1.29, 1.82) is 0 Å². The molecule has 26 heavy (non-hydrogen) atoms. The number of rotatable bonds is 5. The molecule has 0 amide bonds. The predicted molar refractivity (Wildman–Crippen MR) is 97.7 cm³/mol. The Bertz CT molecular complexity index is 1020. The lowest BCUT2D eigenvalue weighted by molar-refractivity contribution is 0.0887. The molecule has 1 aromatic carbocycles. The number of fused-ring (bicyclic) bond motifs is 3. The summed E-state index contributed by atoms with van der Waals surface area (Å²) < 4.78 is 12.9. The summed E-state index contributed by atoms with van der Waals surface area (Å²) in [5.74, 6) is 0.575. The Kier molecular flexibility index (Phi) is 4.28. The summed E-state index contributed by atoms with van der Waals surface area (Å²) in [6, 6.07) is 7.49. The fourth-order valence-electron chi connectivity index (χ4n) is 3.66. The van der Waals surface area contributed by atoms with E-state index in [1.807, 2.05) is 32.0 Å². The zero-order valence-corrected chi connectivity index (χ0v) is 15.0. The zero-order valence-electron chi connectivity index (χ0n) is 15.0. The van der Waals surface area contributed by atoms with Gasteiger partial charge in [-0.25, -0.2) is 4.79 Å². The van der Waals surface area contributed by atoms with Crippen LogP contribution in [0.4, 0.5) is 0 Å². The Labute approximate surface area is 151 Å². The van der Waals surface area contributed by atoms with E-state index < -0.39 is 6.10 Å². The number of aromatic nitrogens is 2. The van der Waals surface area contributed by atoms with E-state index in [0.717, 1.165) is 47.2 Å². The molecule has 1 aliphatic carbocycles. The van der Waals surface area contributed by atoms with Gasteiger partial charge in [0.15, 0.2) is 0 Å². The van der Waals surface area contributed by atoms with Gasteiger partial charge in [-0.3, -0.25) is 4.68 Å². The molecule has 6 heteroatoms. The first kappa shape index (κ1) is 16.8. The number of hydrogen-bond donors (Lipinski definition) is 1. The molecule has 1 atom stereocenters. The highest BCUT2D eigenvalue weighted by atomic mass is 16.5. The molecule has 6 nitrogen and oxygen atoms in total. The molecule has 0 aliphatic heterocycles. The van der Waals surface area contributed by atoms with Gasteiger partial charge in [0.25, 0.3) is 0 Å². The standard InChI is InChI=1S/C20H22N2O4/c1-12-8-13(2)22(21-12)10-14(23)11-25-15-6-7-17-16-4-3-5-18(16)20(24)26-19(17)9-15/h6-9,14,23H,3-5,10-11H2,1-2H3. The third kappa shape index (κ3) is 3.12. The molecule has 0 saturated carbocycles. The number of nitrogens with zero attached hydrogens (tertiary/aromatic N) is 2. The van der Waals surface area contributed by atoms with Gasteiger partial charge in [-0.05, 0) is 56.9 Å². The van der Waals surface area contributed by atoms with Crippen LogP contribution < -0.4 is 10.4 Å². The lowest BCUT2D eigenvalue weighted by Crippen LogP contribution is -2.24. The predicted octanol–water partition coefficient (Wildman–Crippen LogP) is 2.53. The van der Waals surface area contributed by atoms with E-state index in [0.29, 0.717) is 17.9 Å². The van der Waals surface area contributed by atoms with Gasteiger partial charge in [0.1, 0.15) is 24.0 Å². The third-order valence-corrected chi connectivity index (χ3v) is 4.87. The van der Waals surface area contributed by atoms with E-state index in [-0.39, 0.29) is 12.2 Å². The number of aliphatic hydroxyl groups excluding tert-OH is 1. The molecule has 0 spiro atoms. The van der Waals surface area contributed by atoms with Crippen LogP contribution in [0, 0.1) is 13.8 Å². The second kappa shape index (κ2) is 6.61. The van der Waals surface area contributed by atoms with Gasteiger partial charge < -0.3 is 14.3 Å². The first-order valence-corrected chi connectivity index (χ1v) is 8.92. The molecule has 2 aromatic heterocycles. The normalized spacial score (nSPS) is 14.6. The number of ether oxygens (including phenoxy) is 1. The van der Waals surface area contributed by atoms with E-state index in [1.165, 1.54) is 0 Å². The highest BCUT2D eigenvalue weighted by Gasteiger charge is 2.19. The van der Waals surface area contributed by atoms with Crippen LogP contribution in [0.15, 0.2) is 33.5 Å². The van der Waals surface area contributed by atoms with E-state index in [9.17, 15) is 9.90 Å². The van der Waals surface area contributed by atoms with Crippen molar-refractivity contribution in [3.63, 3.8) is 0 Å². The van der Waals surface area contributed by atoms with Crippen molar-refractivity contribution in [2.45, 2.75) is 45.8 Å². The van der Waals surface area contributed by atoms with Crippen LogP contribution in [-0.2, 0) is 19.4 Å². The molecule has 3 aromatic rings. The van der Waals surface area contributed by atoms with E-state index in [1.54, 1.807) is 10.7 Å². The number of hydrogen-bond acceptors (Lipinski definition) is 5. The van der Waals surface area contributed by atoms with Crippen molar-refractivity contribution in [2.24, 2.45) is 0 Å². The van der Waals surface area contributed by atoms with Crippen LogP contribution in [-0.4, -0.2) is 27.6 Å². The largest absolute Gasteiger partial charge is 0.491 e. The SMILES string of the molecule is Cc1cc(C)n(CC(O)COc2ccc3c4c(c(=O)oc3c2)CCC4)n1. The molecule has 0 fully saturated rings. The lowest BCUT2D eigenvalue weighted by Gasteiger charge is -2.14. The summed E-state index contributed by atoms with van der Waals surface area (Å²) in [6.45, 7) is 4.39. The topological polar surface area (TPSA) is 77.5 Å². The van der Waals surface area contributed by atoms with Crippen LogP contribution in [0.3, 0.4) is 0 Å². The highest BCUT2D eigenvalue weighted by Crippen LogP contribution is 2.29. The first-order valence-electron chi connectivity index (χ1n) is 8.92. The maximum atomic E-state index is 12.1. The Balaban J connectivity index is 1.48. The third-order valence-electron chi connectivity index (χ3n) is 4.87. The van der Waals surface area contributed by atoms with Crippen LogP contribution in [0.5, 0.6) is 5.75 Å². The fourth-order valence-corrected chi connectivity index (χ4v) is 3.66. The monoisotopic (exact) mass is 354 g/mol. The zero-order chi connectivity index (χ0) is 18.3. The quantitative estimate of drug-likeness (QED) is 0.713. The molecule has 2 heterocycles. The number of aliphatic hydroxyl groups is 1. The molecule has 0 saturated heterocycles. The van der Waals surface area contributed by atoms with Gasteiger partial charge in [0.2, 0.25) is 0 Å². The molecule has 0 radical (unpaired) electrons. The summed E-state index contributed by atoms with van der Waals surface area (Å²) in [5.41, 5.74) is 4.14. The lowest BCUT2D eigenvalue weighted by atomic mass is 10.1. The van der Waals surface area contributed by atoms with E-state index >= 15 is 0 Å². The Morgan fingerprint density at radius 3 is 2.85 bits per heavy atom. The van der Waals surface area contributed by atoms with Crippen molar-refractivity contribution >= 4 is 11.0 Å². The summed E-state index contributed by atoms with van der Waals surface area (Å²) in [6.07, 6.45) is 2.02.